The maximum absolute atomic E-state index is 13.0. The molecule has 0 atom stereocenters. The van der Waals surface area contributed by atoms with E-state index in [1.165, 1.54) is 19.2 Å². The summed E-state index contributed by atoms with van der Waals surface area (Å²) in [6.45, 7) is 0.524. The normalized spacial score (nSPS) is 10.1. The Hall–Kier alpha value is -2.23. The molecule has 0 aliphatic rings. The van der Waals surface area contributed by atoms with E-state index in [1.807, 2.05) is 6.07 Å². The molecular formula is C14H14FNO2. The summed E-state index contributed by atoms with van der Waals surface area (Å²) in [5.41, 5.74) is 1.64. The molecule has 2 aromatic rings. The molecule has 2 N–H and O–H groups in total. The molecule has 0 aliphatic carbocycles. The molecule has 0 bridgehead atoms. The number of halogens is 1. The molecule has 0 aliphatic heterocycles. The second-order valence-electron chi connectivity index (χ2n) is 3.87. The van der Waals surface area contributed by atoms with Crippen molar-refractivity contribution in [2.45, 2.75) is 6.54 Å². The van der Waals surface area contributed by atoms with Crippen molar-refractivity contribution in [1.82, 2.24) is 0 Å². The van der Waals surface area contributed by atoms with Crippen LogP contribution in [0.1, 0.15) is 5.56 Å². The van der Waals surface area contributed by atoms with Gasteiger partial charge in [-0.2, -0.15) is 0 Å². The zero-order chi connectivity index (χ0) is 13.0. The Balaban J connectivity index is 2.10. The summed E-state index contributed by atoms with van der Waals surface area (Å²) in [4.78, 5) is 0. The van der Waals surface area contributed by atoms with Crippen molar-refractivity contribution in [3.63, 3.8) is 0 Å². The highest BCUT2D eigenvalue weighted by Gasteiger charge is 2.04. The highest BCUT2D eigenvalue weighted by Crippen LogP contribution is 2.25. The molecule has 0 unspecified atom stereocenters. The first kappa shape index (κ1) is 12.2. The number of anilines is 1. The van der Waals surface area contributed by atoms with Crippen LogP contribution in [0.2, 0.25) is 0 Å². The summed E-state index contributed by atoms with van der Waals surface area (Å²) in [7, 11) is 1.49. The molecule has 94 valence electrons. The van der Waals surface area contributed by atoms with Crippen LogP contribution >= 0.6 is 0 Å². The molecule has 2 aromatic carbocycles. The minimum atomic E-state index is -0.338. The van der Waals surface area contributed by atoms with Gasteiger partial charge in [0, 0.05) is 12.6 Å². The van der Waals surface area contributed by atoms with Gasteiger partial charge < -0.3 is 15.2 Å². The molecule has 0 amide bonds. The third kappa shape index (κ3) is 2.91. The predicted molar refractivity (Wildman–Crippen MR) is 68.4 cm³/mol. The van der Waals surface area contributed by atoms with Crippen molar-refractivity contribution in [1.29, 1.82) is 0 Å². The van der Waals surface area contributed by atoms with E-state index in [9.17, 15) is 9.50 Å². The predicted octanol–water partition coefficient (Wildman–Crippen LogP) is 3.15. The van der Waals surface area contributed by atoms with E-state index in [0.717, 1.165) is 5.56 Å². The minimum Gasteiger partial charge on any atom is -0.508 e. The monoisotopic (exact) mass is 247 g/mol. The lowest BCUT2D eigenvalue weighted by molar-refractivity contribution is 0.413. The molecule has 2 rings (SSSR count). The molecule has 0 radical (unpaired) electrons. The average Bonchev–Trinajstić information content (AvgIpc) is 2.37. The van der Waals surface area contributed by atoms with E-state index in [0.29, 0.717) is 18.0 Å². The van der Waals surface area contributed by atoms with E-state index < -0.39 is 0 Å². The van der Waals surface area contributed by atoms with Gasteiger partial charge in [0.25, 0.3) is 0 Å². The van der Waals surface area contributed by atoms with E-state index >= 15 is 0 Å². The lowest BCUT2D eigenvalue weighted by atomic mass is 10.2. The Labute approximate surface area is 105 Å². The molecule has 3 nitrogen and oxygen atoms in total. The number of hydrogen-bond donors (Lipinski definition) is 2. The Morgan fingerprint density at radius 1 is 1.22 bits per heavy atom. The van der Waals surface area contributed by atoms with Crippen molar-refractivity contribution in [3.05, 3.63) is 53.8 Å². The number of nitrogens with one attached hydrogen (secondary N) is 1. The van der Waals surface area contributed by atoms with Gasteiger partial charge in [-0.05, 0) is 29.8 Å². The second kappa shape index (κ2) is 5.40. The van der Waals surface area contributed by atoms with Gasteiger partial charge in [-0.3, -0.25) is 0 Å². The Morgan fingerprint density at radius 2 is 2.06 bits per heavy atom. The lowest BCUT2D eigenvalue weighted by Crippen LogP contribution is -2.01. The molecule has 0 saturated carbocycles. The molecule has 4 heteroatoms. The zero-order valence-electron chi connectivity index (χ0n) is 9.98. The Morgan fingerprint density at radius 3 is 2.78 bits per heavy atom. The summed E-state index contributed by atoms with van der Waals surface area (Å²) in [5.74, 6) is 0.338. The summed E-state index contributed by atoms with van der Waals surface area (Å²) >= 11 is 0. The standard InChI is InChI=1S/C14H14FNO2/c1-18-14-8-11(15)5-6-13(14)16-9-10-3-2-4-12(17)7-10/h2-8,16-17H,9H2,1H3. The summed E-state index contributed by atoms with van der Waals surface area (Å²) in [5, 5.41) is 12.5. The van der Waals surface area contributed by atoms with Crippen LogP contribution in [-0.4, -0.2) is 12.2 Å². The van der Waals surface area contributed by atoms with Gasteiger partial charge in [0.2, 0.25) is 0 Å². The van der Waals surface area contributed by atoms with Crippen LogP contribution in [-0.2, 0) is 6.54 Å². The third-order valence-electron chi connectivity index (χ3n) is 2.56. The summed E-state index contributed by atoms with van der Waals surface area (Å²) in [6, 6.07) is 11.3. The van der Waals surface area contributed by atoms with E-state index in [1.54, 1.807) is 24.3 Å². The highest BCUT2D eigenvalue weighted by atomic mass is 19.1. The fraction of sp³-hybridized carbons (Fsp3) is 0.143. The molecule has 0 aromatic heterocycles. The number of aromatic hydroxyl groups is 1. The molecule has 0 spiro atoms. The maximum Gasteiger partial charge on any atom is 0.144 e. The van der Waals surface area contributed by atoms with Crippen LogP contribution in [0.5, 0.6) is 11.5 Å². The van der Waals surface area contributed by atoms with Crippen LogP contribution < -0.4 is 10.1 Å². The largest absolute Gasteiger partial charge is 0.508 e. The van der Waals surface area contributed by atoms with Crippen LogP contribution in [0.3, 0.4) is 0 Å². The number of methoxy groups -OCH3 is 1. The van der Waals surface area contributed by atoms with Gasteiger partial charge in [-0.25, -0.2) is 4.39 Å². The number of phenolic OH excluding ortho intramolecular Hbond substituents is 1. The SMILES string of the molecule is COc1cc(F)ccc1NCc1cccc(O)c1. The number of phenols is 1. The molecule has 0 saturated heterocycles. The van der Waals surface area contributed by atoms with E-state index in [4.69, 9.17) is 4.74 Å². The molecule has 18 heavy (non-hydrogen) atoms. The van der Waals surface area contributed by atoms with Crippen molar-refractivity contribution >= 4 is 5.69 Å². The number of rotatable bonds is 4. The van der Waals surface area contributed by atoms with Crippen LogP contribution in [0.15, 0.2) is 42.5 Å². The Kier molecular flexibility index (Phi) is 3.67. The van der Waals surface area contributed by atoms with E-state index in [-0.39, 0.29) is 11.6 Å². The van der Waals surface area contributed by atoms with Crippen molar-refractivity contribution in [3.8, 4) is 11.5 Å². The number of ether oxygens (including phenoxy) is 1. The maximum atomic E-state index is 13.0. The van der Waals surface area contributed by atoms with Crippen LogP contribution in [0, 0.1) is 5.82 Å². The van der Waals surface area contributed by atoms with Gasteiger partial charge in [-0.15, -0.1) is 0 Å². The van der Waals surface area contributed by atoms with Gasteiger partial charge in [0.1, 0.15) is 17.3 Å². The Bertz CT molecular complexity index is 543. The molecule has 0 fully saturated rings. The van der Waals surface area contributed by atoms with Gasteiger partial charge >= 0.3 is 0 Å². The van der Waals surface area contributed by atoms with Crippen molar-refractivity contribution < 1.29 is 14.2 Å². The van der Waals surface area contributed by atoms with Crippen molar-refractivity contribution in [2.24, 2.45) is 0 Å². The third-order valence-corrected chi connectivity index (χ3v) is 2.56. The smallest absolute Gasteiger partial charge is 0.144 e. The molecule has 0 heterocycles. The second-order valence-corrected chi connectivity index (χ2v) is 3.87. The van der Waals surface area contributed by atoms with Gasteiger partial charge in [0.15, 0.2) is 0 Å². The fourth-order valence-corrected chi connectivity index (χ4v) is 1.67. The van der Waals surface area contributed by atoms with Crippen molar-refractivity contribution in [2.75, 3.05) is 12.4 Å². The first-order chi connectivity index (χ1) is 8.69. The minimum absolute atomic E-state index is 0.223. The van der Waals surface area contributed by atoms with E-state index in [2.05, 4.69) is 5.32 Å². The zero-order valence-corrected chi connectivity index (χ0v) is 9.98. The van der Waals surface area contributed by atoms with Gasteiger partial charge in [-0.1, -0.05) is 12.1 Å². The first-order valence-electron chi connectivity index (χ1n) is 5.54. The summed E-state index contributed by atoms with van der Waals surface area (Å²) < 4.78 is 18.1. The highest BCUT2D eigenvalue weighted by molar-refractivity contribution is 5.56. The summed E-state index contributed by atoms with van der Waals surface area (Å²) in [6.07, 6.45) is 0. The quantitative estimate of drug-likeness (QED) is 0.872. The molecular weight excluding hydrogens is 233 g/mol. The van der Waals surface area contributed by atoms with Gasteiger partial charge in [0.05, 0.1) is 12.8 Å². The van der Waals surface area contributed by atoms with Crippen LogP contribution in [0.25, 0.3) is 0 Å². The average molecular weight is 247 g/mol. The first-order valence-corrected chi connectivity index (χ1v) is 5.54. The number of benzene rings is 2. The topological polar surface area (TPSA) is 41.5 Å². The number of hydrogen-bond acceptors (Lipinski definition) is 3. The lowest BCUT2D eigenvalue weighted by Gasteiger charge is -2.11. The fourth-order valence-electron chi connectivity index (χ4n) is 1.67. The van der Waals surface area contributed by atoms with Crippen LogP contribution in [0.4, 0.5) is 10.1 Å².